The predicted molar refractivity (Wildman–Crippen MR) is 115 cm³/mol. The lowest BCUT2D eigenvalue weighted by Gasteiger charge is -2.38. The Kier molecular flexibility index (Phi) is 5.47. The average molecular weight is 446 g/mol. The molecule has 1 aliphatic carbocycles. The number of carbonyl (C=O) groups excluding carboxylic acids is 2. The Morgan fingerprint density at radius 1 is 1.10 bits per heavy atom. The molecule has 1 saturated heterocycles. The molecule has 4 rings (SSSR count). The van der Waals surface area contributed by atoms with Crippen LogP contribution in [0.5, 0.6) is 0 Å². The zero-order valence-corrected chi connectivity index (χ0v) is 19.0. The molecular formula is C21H27N5O4S. The van der Waals surface area contributed by atoms with Crippen molar-refractivity contribution in [1.29, 1.82) is 0 Å². The number of imide groups is 1. The summed E-state index contributed by atoms with van der Waals surface area (Å²) in [6, 6.07) is -0.877. The van der Waals surface area contributed by atoms with Crippen molar-refractivity contribution >= 4 is 27.7 Å². The van der Waals surface area contributed by atoms with E-state index in [1.165, 1.54) is 9.21 Å². The maximum atomic E-state index is 13.4. The van der Waals surface area contributed by atoms with Crippen molar-refractivity contribution in [2.75, 3.05) is 13.1 Å². The lowest BCUT2D eigenvalue weighted by Crippen LogP contribution is -2.54. The van der Waals surface area contributed by atoms with Gasteiger partial charge in [0.15, 0.2) is 0 Å². The van der Waals surface area contributed by atoms with E-state index in [0.29, 0.717) is 29.9 Å². The van der Waals surface area contributed by atoms with E-state index in [1.807, 2.05) is 13.8 Å². The van der Waals surface area contributed by atoms with Gasteiger partial charge in [-0.2, -0.15) is 14.4 Å². The van der Waals surface area contributed by atoms with Gasteiger partial charge in [-0.1, -0.05) is 18.2 Å². The number of urea groups is 1. The van der Waals surface area contributed by atoms with E-state index in [9.17, 15) is 18.0 Å². The summed E-state index contributed by atoms with van der Waals surface area (Å²) in [5.41, 5.74) is 1.56. The van der Waals surface area contributed by atoms with Crippen molar-refractivity contribution in [3.05, 3.63) is 35.7 Å². The second-order valence-electron chi connectivity index (χ2n) is 8.42. The molecule has 3 aliphatic rings. The fraction of sp³-hybridized carbons (Fsp3) is 0.524. The second kappa shape index (κ2) is 7.83. The molecule has 0 bridgehead atoms. The molecule has 10 heteroatoms. The van der Waals surface area contributed by atoms with E-state index in [0.717, 1.165) is 0 Å². The normalized spacial score (nSPS) is 22.9. The third kappa shape index (κ3) is 3.57. The molecule has 2 aliphatic heterocycles. The maximum Gasteiger partial charge on any atom is 0.350 e. The highest BCUT2D eigenvalue weighted by molar-refractivity contribution is 7.89. The molecule has 0 spiro atoms. The number of carbonyl (C=O) groups is 2. The van der Waals surface area contributed by atoms with Crippen LogP contribution in [0.15, 0.2) is 34.2 Å². The van der Waals surface area contributed by atoms with Gasteiger partial charge in [-0.15, -0.1) is 0 Å². The molecule has 1 aromatic rings. The van der Waals surface area contributed by atoms with Crippen molar-refractivity contribution in [3.8, 4) is 0 Å². The monoisotopic (exact) mass is 445 g/mol. The van der Waals surface area contributed by atoms with Crippen LogP contribution in [-0.4, -0.2) is 64.2 Å². The number of hydrogen-bond donors (Lipinski definition) is 0. The Morgan fingerprint density at radius 3 is 2.39 bits per heavy atom. The minimum absolute atomic E-state index is 0.0543. The summed E-state index contributed by atoms with van der Waals surface area (Å²) in [5.74, 6) is -0.835. The number of hydrogen-bond acceptors (Lipinski definition) is 5. The number of aliphatic imine (C=N–C) groups is 1. The first-order valence-electron chi connectivity index (χ1n) is 10.5. The first kappa shape index (κ1) is 21.6. The van der Waals surface area contributed by atoms with Gasteiger partial charge in [0.1, 0.15) is 4.90 Å². The summed E-state index contributed by atoms with van der Waals surface area (Å²) in [4.78, 5) is 31.0. The number of sulfonamides is 1. The van der Waals surface area contributed by atoms with Crippen LogP contribution in [0.4, 0.5) is 4.79 Å². The van der Waals surface area contributed by atoms with Crippen LogP contribution in [0.1, 0.15) is 44.1 Å². The molecule has 3 heterocycles. The van der Waals surface area contributed by atoms with Crippen molar-refractivity contribution in [2.24, 2.45) is 10.9 Å². The van der Waals surface area contributed by atoms with Crippen LogP contribution >= 0.6 is 0 Å². The quantitative estimate of drug-likeness (QED) is 0.708. The number of aromatic nitrogens is 2. The summed E-state index contributed by atoms with van der Waals surface area (Å²) < 4.78 is 29.9. The minimum atomic E-state index is -3.72. The van der Waals surface area contributed by atoms with Gasteiger partial charge < -0.3 is 0 Å². The highest BCUT2D eigenvalue weighted by Crippen LogP contribution is 2.30. The largest absolute Gasteiger partial charge is 0.350 e. The third-order valence-electron chi connectivity index (χ3n) is 6.07. The number of allylic oxidation sites excluding steroid dienone is 3. The predicted octanol–water partition coefficient (Wildman–Crippen LogP) is 2.38. The maximum absolute atomic E-state index is 13.4. The number of nitrogens with zero attached hydrogens (tertiary/aromatic N) is 5. The number of fused-ring (bicyclic) bond motifs is 1. The van der Waals surface area contributed by atoms with Crippen LogP contribution < -0.4 is 0 Å². The Bertz CT molecular complexity index is 1120. The molecule has 1 fully saturated rings. The van der Waals surface area contributed by atoms with Crippen LogP contribution in [0, 0.1) is 19.8 Å². The van der Waals surface area contributed by atoms with Gasteiger partial charge in [0.05, 0.1) is 23.0 Å². The third-order valence-corrected chi connectivity index (χ3v) is 8.22. The molecule has 0 saturated carbocycles. The topological polar surface area (TPSA) is 105 Å². The van der Waals surface area contributed by atoms with Gasteiger partial charge in [-0.25, -0.2) is 13.2 Å². The standard InChI is InChI=1S/C21H27N5O4S/c1-13(2)26-15(4)19(14(3)23-26)31(29,30)24-11-9-16(10-12-24)25-20(27)17-7-5-6-8-18(17)22-21(25)28/h5-8,13,16-17H,9-12H2,1-4H3. The molecule has 166 valence electrons. The fourth-order valence-electron chi connectivity index (χ4n) is 4.59. The molecule has 3 amide bonds. The van der Waals surface area contributed by atoms with E-state index in [4.69, 9.17) is 0 Å². The number of rotatable bonds is 4. The molecule has 1 atom stereocenters. The lowest BCUT2D eigenvalue weighted by molar-refractivity contribution is -0.131. The SMILES string of the molecule is Cc1nn(C(C)C)c(C)c1S(=O)(=O)N1CCC(N2C(=O)N=C3C=CC=CC3C2=O)CC1. The van der Waals surface area contributed by atoms with Gasteiger partial charge in [0.25, 0.3) is 0 Å². The smallest absolute Gasteiger partial charge is 0.273 e. The summed E-state index contributed by atoms with van der Waals surface area (Å²) in [6.07, 6.45) is 7.69. The van der Waals surface area contributed by atoms with Crippen molar-refractivity contribution < 1.29 is 18.0 Å². The van der Waals surface area contributed by atoms with Gasteiger partial charge in [-0.05, 0) is 46.6 Å². The molecule has 0 aromatic carbocycles. The van der Waals surface area contributed by atoms with Crippen LogP contribution in [0.3, 0.4) is 0 Å². The molecule has 9 nitrogen and oxygen atoms in total. The van der Waals surface area contributed by atoms with Gasteiger partial charge in [0, 0.05) is 25.2 Å². The van der Waals surface area contributed by atoms with Crippen molar-refractivity contribution in [2.45, 2.75) is 57.5 Å². The fourth-order valence-corrected chi connectivity index (χ4v) is 6.42. The van der Waals surface area contributed by atoms with Crippen LogP contribution in [-0.2, 0) is 14.8 Å². The van der Waals surface area contributed by atoms with Gasteiger partial charge in [0.2, 0.25) is 15.9 Å². The van der Waals surface area contributed by atoms with Crippen LogP contribution in [0.2, 0.25) is 0 Å². The second-order valence-corrected chi connectivity index (χ2v) is 10.3. The Morgan fingerprint density at radius 2 is 1.77 bits per heavy atom. The molecule has 0 N–H and O–H groups in total. The Hall–Kier alpha value is -2.59. The van der Waals surface area contributed by atoms with E-state index < -0.39 is 22.0 Å². The minimum Gasteiger partial charge on any atom is -0.273 e. The van der Waals surface area contributed by atoms with Gasteiger partial charge >= 0.3 is 6.03 Å². The van der Waals surface area contributed by atoms with Crippen molar-refractivity contribution in [3.63, 3.8) is 0 Å². The Balaban J connectivity index is 1.52. The Labute approximate surface area is 182 Å². The highest BCUT2D eigenvalue weighted by atomic mass is 32.2. The highest BCUT2D eigenvalue weighted by Gasteiger charge is 2.42. The zero-order chi connectivity index (χ0) is 22.5. The van der Waals surface area contributed by atoms with E-state index in [1.54, 1.807) is 42.8 Å². The van der Waals surface area contributed by atoms with Crippen LogP contribution in [0.25, 0.3) is 0 Å². The van der Waals surface area contributed by atoms with E-state index in [-0.39, 0.29) is 36.0 Å². The average Bonchev–Trinajstić information content (AvgIpc) is 3.03. The van der Waals surface area contributed by atoms with E-state index >= 15 is 0 Å². The summed E-state index contributed by atoms with van der Waals surface area (Å²) >= 11 is 0. The first-order chi connectivity index (χ1) is 14.6. The molecule has 1 unspecified atom stereocenters. The summed E-state index contributed by atoms with van der Waals surface area (Å²) in [6.45, 7) is 7.85. The van der Waals surface area contributed by atoms with E-state index in [2.05, 4.69) is 10.1 Å². The first-order valence-corrected chi connectivity index (χ1v) is 11.9. The number of amides is 3. The molecule has 31 heavy (non-hydrogen) atoms. The number of piperidine rings is 1. The molecule has 0 radical (unpaired) electrons. The molecular weight excluding hydrogens is 418 g/mol. The van der Waals surface area contributed by atoms with Crippen molar-refractivity contribution in [1.82, 2.24) is 19.0 Å². The van der Waals surface area contributed by atoms with Gasteiger partial charge in [-0.3, -0.25) is 14.4 Å². The summed E-state index contributed by atoms with van der Waals surface area (Å²) in [7, 11) is -3.72. The lowest BCUT2D eigenvalue weighted by atomic mass is 9.93. The molecule has 1 aromatic heterocycles. The summed E-state index contributed by atoms with van der Waals surface area (Å²) in [5, 5.41) is 4.40. The zero-order valence-electron chi connectivity index (χ0n) is 18.1. The number of aryl methyl sites for hydroxylation is 1.